The van der Waals surface area contributed by atoms with Crippen LogP contribution in [0.15, 0.2) is 34.3 Å². The van der Waals surface area contributed by atoms with Crippen LogP contribution in [-0.4, -0.2) is 11.1 Å². The summed E-state index contributed by atoms with van der Waals surface area (Å²) in [5.74, 6) is -1.07. The van der Waals surface area contributed by atoms with Crippen molar-refractivity contribution in [2.75, 3.05) is 0 Å². The molecule has 0 saturated heterocycles. The molecule has 3 N–H and O–H groups in total. The summed E-state index contributed by atoms with van der Waals surface area (Å²) in [6.07, 6.45) is 0. The zero-order valence-corrected chi connectivity index (χ0v) is 10.8. The smallest absolute Gasteiger partial charge is 0.333 e. The monoisotopic (exact) mass is 283 g/mol. The molecule has 0 aliphatic carbocycles. The minimum atomic E-state index is -0.963. The quantitative estimate of drug-likeness (QED) is 0.839. The molecule has 0 aliphatic rings. The highest BCUT2D eigenvalue weighted by Crippen LogP contribution is 2.21. The SMILES string of the molecule is CC(C)/C(C(=O)O)=C(/N)c1ccc(Br)cc1. The number of hydrogen-bond acceptors (Lipinski definition) is 2. The molecule has 0 bridgehead atoms. The van der Waals surface area contributed by atoms with E-state index in [1.165, 1.54) is 0 Å². The Hall–Kier alpha value is -1.29. The minimum absolute atomic E-state index is 0.110. The number of rotatable bonds is 3. The Morgan fingerprint density at radius 3 is 2.19 bits per heavy atom. The first-order valence-electron chi connectivity index (χ1n) is 4.92. The Labute approximate surface area is 103 Å². The summed E-state index contributed by atoms with van der Waals surface area (Å²) in [6.45, 7) is 3.63. The van der Waals surface area contributed by atoms with Gasteiger partial charge in [0.25, 0.3) is 0 Å². The van der Waals surface area contributed by atoms with Gasteiger partial charge in [-0.05, 0) is 23.6 Å². The van der Waals surface area contributed by atoms with Crippen LogP contribution in [0.3, 0.4) is 0 Å². The van der Waals surface area contributed by atoms with E-state index < -0.39 is 5.97 Å². The first-order chi connectivity index (χ1) is 7.43. The highest BCUT2D eigenvalue weighted by molar-refractivity contribution is 9.10. The van der Waals surface area contributed by atoms with E-state index in [-0.39, 0.29) is 11.5 Å². The average Bonchev–Trinajstić information content (AvgIpc) is 2.17. The van der Waals surface area contributed by atoms with Gasteiger partial charge in [-0.25, -0.2) is 4.79 Å². The minimum Gasteiger partial charge on any atom is -0.478 e. The molecule has 0 saturated carbocycles. The molecule has 86 valence electrons. The van der Waals surface area contributed by atoms with E-state index in [2.05, 4.69) is 15.9 Å². The maximum atomic E-state index is 11.1. The van der Waals surface area contributed by atoms with Crippen molar-refractivity contribution in [2.45, 2.75) is 13.8 Å². The van der Waals surface area contributed by atoms with Crippen molar-refractivity contribution in [3.8, 4) is 0 Å². The number of halogens is 1. The summed E-state index contributed by atoms with van der Waals surface area (Å²) < 4.78 is 0.936. The Morgan fingerprint density at radius 2 is 1.81 bits per heavy atom. The van der Waals surface area contributed by atoms with Crippen molar-refractivity contribution in [1.82, 2.24) is 0 Å². The third-order valence-electron chi connectivity index (χ3n) is 2.25. The molecule has 1 aromatic rings. The average molecular weight is 284 g/mol. The molecule has 0 aromatic heterocycles. The summed E-state index contributed by atoms with van der Waals surface area (Å²) >= 11 is 3.32. The molecule has 4 heteroatoms. The van der Waals surface area contributed by atoms with Gasteiger partial charge in [0, 0.05) is 10.2 Å². The number of aliphatic carboxylic acids is 1. The predicted octanol–water partition coefficient (Wildman–Crippen LogP) is 2.86. The van der Waals surface area contributed by atoms with Crippen molar-refractivity contribution in [3.63, 3.8) is 0 Å². The van der Waals surface area contributed by atoms with Crippen LogP contribution in [0.5, 0.6) is 0 Å². The highest BCUT2D eigenvalue weighted by atomic mass is 79.9. The zero-order chi connectivity index (χ0) is 12.3. The lowest BCUT2D eigenvalue weighted by Gasteiger charge is -2.11. The fourth-order valence-electron chi connectivity index (χ4n) is 1.46. The van der Waals surface area contributed by atoms with Gasteiger partial charge in [0.2, 0.25) is 0 Å². The first-order valence-corrected chi connectivity index (χ1v) is 5.71. The van der Waals surface area contributed by atoms with Gasteiger partial charge in [0.15, 0.2) is 0 Å². The lowest BCUT2D eigenvalue weighted by Crippen LogP contribution is -2.14. The van der Waals surface area contributed by atoms with Gasteiger partial charge in [-0.3, -0.25) is 0 Å². The Bertz CT molecular complexity index is 421. The van der Waals surface area contributed by atoms with Crippen molar-refractivity contribution >= 4 is 27.6 Å². The summed E-state index contributed by atoms with van der Waals surface area (Å²) in [4.78, 5) is 11.1. The van der Waals surface area contributed by atoms with Gasteiger partial charge >= 0.3 is 5.97 Å². The van der Waals surface area contributed by atoms with Crippen LogP contribution in [0, 0.1) is 5.92 Å². The Kier molecular flexibility index (Phi) is 4.12. The normalized spacial score (nSPS) is 12.5. The molecule has 0 atom stereocenters. The summed E-state index contributed by atoms with van der Waals surface area (Å²) in [5, 5.41) is 9.08. The van der Waals surface area contributed by atoms with Crippen molar-refractivity contribution in [2.24, 2.45) is 11.7 Å². The van der Waals surface area contributed by atoms with Crippen molar-refractivity contribution in [3.05, 3.63) is 39.9 Å². The maximum absolute atomic E-state index is 11.1. The van der Waals surface area contributed by atoms with Crippen molar-refractivity contribution in [1.29, 1.82) is 0 Å². The number of nitrogens with two attached hydrogens (primary N) is 1. The number of carbonyl (C=O) groups is 1. The summed E-state index contributed by atoms with van der Waals surface area (Å²) in [7, 11) is 0. The van der Waals surface area contributed by atoms with Crippen LogP contribution in [0.2, 0.25) is 0 Å². The second-order valence-electron chi connectivity index (χ2n) is 3.79. The first kappa shape index (κ1) is 12.8. The second kappa shape index (κ2) is 5.16. The van der Waals surface area contributed by atoms with E-state index in [0.717, 1.165) is 10.0 Å². The Balaban J connectivity index is 3.24. The molecule has 1 rings (SSSR count). The van der Waals surface area contributed by atoms with Crippen LogP contribution in [0.1, 0.15) is 19.4 Å². The number of carboxylic acid groups (broad SMARTS) is 1. The maximum Gasteiger partial charge on any atom is 0.333 e. The number of carboxylic acids is 1. The lowest BCUT2D eigenvalue weighted by molar-refractivity contribution is -0.133. The van der Waals surface area contributed by atoms with Crippen LogP contribution < -0.4 is 5.73 Å². The predicted molar refractivity (Wildman–Crippen MR) is 67.7 cm³/mol. The zero-order valence-electron chi connectivity index (χ0n) is 9.20. The molecule has 0 aliphatic heterocycles. The molecule has 0 heterocycles. The molecule has 1 aromatic carbocycles. The van der Waals surface area contributed by atoms with Gasteiger partial charge in [-0.15, -0.1) is 0 Å². The van der Waals surface area contributed by atoms with Gasteiger partial charge in [-0.2, -0.15) is 0 Å². The third kappa shape index (κ3) is 2.85. The third-order valence-corrected chi connectivity index (χ3v) is 2.78. The molecular weight excluding hydrogens is 270 g/mol. The van der Waals surface area contributed by atoms with E-state index in [0.29, 0.717) is 5.70 Å². The topological polar surface area (TPSA) is 63.3 Å². The number of benzene rings is 1. The summed E-state index contributed by atoms with van der Waals surface area (Å²) in [5.41, 5.74) is 7.19. The summed E-state index contributed by atoms with van der Waals surface area (Å²) in [6, 6.07) is 7.26. The second-order valence-corrected chi connectivity index (χ2v) is 4.71. The lowest BCUT2D eigenvalue weighted by atomic mass is 9.97. The fourth-order valence-corrected chi connectivity index (χ4v) is 1.72. The van der Waals surface area contributed by atoms with Crippen molar-refractivity contribution < 1.29 is 9.90 Å². The van der Waals surface area contributed by atoms with Crippen LogP contribution in [-0.2, 0) is 4.79 Å². The van der Waals surface area contributed by atoms with E-state index in [1.807, 2.05) is 26.0 Å². The Morgan fingerprint density at radius 1 is 1.31 bits per heavy atom. The van der Waals surface area contributed by atoms with Crippen LogP contribution in [0.25, 0.3) is 5.70 Å². The molecule has 3 nitrogen and oxygen atoms in total. The van der Waals surface area contributed by atoms with Gasteiger partial charge < -0.3 is 10.8 Å². The van der Waals surface area contributed by atoms with Gasteiger partial charge in [0.05, 0.1) is 5.57 Å². The van der Waals surface area contributed by atoms with Crippen LogP contribution in [0.4, 0.5) is 0 Å². The van der Waals surface area contributed by atoms with E-state index >= 15 is 0 Å². The largest absolute Gasteiger partial charge is 0.478 e. The molecule has 16 heavy (non-hydrogen) atoms. The standard InChI is InChI=1S/C12H14BrNO2/c1-7(2)10(12(15)16)11(14)8-3-5-9(13)6-4-8/h3-7H,14H2,1-2H3,(H,15,16)/b11-10-. The highest BCUT2D eigenvalue weighted by Gasteiger charge is 2.17. The number of hydrogen-bond donors (Lipinski definition) is 2. The molecule has 0 spiro atoms. The van der Waals surface area contributed by atoms with Crippen LogP contribution >= 0.6 is 15.9 Å². The molecule has 0 unspecified atom stereocenters. The van der Waals surface area contributed by atoms with Gasteiger partial charge in [0.1, 0.15) is 0 Å². The fraction of sp³-hybridized carbons (Fsp3) is 0.250. The van der Waals surface area contributed by atoms with E-state index in [4.69, 9.17) is 10.8 Å². The molecule has 0 fully saturated rings. The van der Waals surface area contributed by atoms with Gasteiger partial charge in [-0.1, -0.05) is 41.9 Å². The van der Waals surface area contributed by atoms with E-state index in [9.17, 15) is 4.79 Å². The van der Waals surface area contributed by atoms with E-state index in [1.54, 1.807) is 12.1 Å². The molecule has 0 amide bonds. The molecular formula is C12H14BrNO2. The molecule has 0 radical (unpaired) electrons.